The van der Waals surface area contributed by atoms with Crippen molar-refractivity contribution in [2.45, 2.75) is 25.0 Å². The van der Waals surface area contributed by atoms with Gasteiger partial charge in [0.25, 0.3) is 0 Å². The molecule has 180 valence electrons. The molecule has 1 heterocycles. The molecule has 0 N–H and O–H groups in total. The maximum Gasteiger partial charge on any atom is 0.325 e. The van der Waals surface area contributed by atoms with E-state index in [0.29, 0.717) is 11.6 Å². The number of carbonyl (C=O) groups is 2. The summed E-state index contributed by atoms with van der Waals surface area (Å²) in [5.41, 5.74) is 1.34. The van der Waals surface area contributed by atoms with Gasteiger partial charge < -0.3 is 9.47 Å². The molecule has 0 spiro atoms. The van der Waals surface area contributed by atoms with Crippen molar-refractivity contribution in [3.05, 3.63) is 113 Å². The highest BCUT2D eigenvalue weighted by Gasteiger charge is 2.63. The highest BCUT2D eigenvalue weighted by atomic mass is 35.5. The molecule has 3 aromatic carbocycles. The van der Waals surface area contributed by atoms with Crippen LogP contribution in [0.4, 0.5) is 0 Å². The third kappa shape index (κ3) is 5.02. The molecular formula is C29H28ClNO4. The number of hydrogen-bond acceptors (Lipinski definition) is 5. The van der Waals surface area contributed by atoms with E-state index in [-0.39, 0.29) is 12.5 Å². The van der Waals surface area contributed by atoms with Crippen molar-refractivity contribution in [1.82, 2.24) is 4.90 Å². The van der Waals surface area contributed by atoms with Gasteiger partial charge in [0.15, 0.2) is 5.41 Å². The molecule has 1 fully saturated rings. The minimum absolute atomic E-state index is 0.218. The van der Waals surface area contributed by atoms with Gasteiger partial charge in [0.05, 0.1) is 20.3 Å². The predicted molar refractivity (Wildman–Crippen MR) is 137 cm³/mol. The van der Waals surface area contributed by atoms with Crippen molar-refractivity contribution in [3.8, 4) is 0 Å². The van der Waals surface area contributed by atoms with E-state index in [1.807, 2.05) is 78.9 Å². The molecule has 0 bridgehead atoms. The summed E-state index contributed by atoms with van der Waals surface area (Å²) >= 11 is 6.17. The van der Waals surface area contributed by atoms with Crippen LogP contribution in [0.5, 0.6) is 0 Å². The maximum atomic E-state index is 13.4. The molecule has 3 aromatic rings. The zero-order valence-corrected chi connectivity index (χ0v) is 20.5. The molecule has 1 saturated heterocycles. The first-order valence-electron chi connectivity index (χ1n) is 11.4. The number of ether oxygens (including phenoxy) is 2. The quantitative estimate of drug-likeness (QED) is 0.314. The van der Waals surface area contributed by atoms with Crippen LogP contribution in [-0.2, 0) is 25.6 Å². The Morgan fingerprint density at radius 2 is 1.49 bits per heavy atom. The summed E-state index contributed by atoms with van der Waals surface area (Å²) in [7, 11) is 2.61. The molecule has 5 nitrogen and oxygen atoms in total. The molecule has 0 radical (unpaired) electrons. The summed E-state index contributed by atoms with van der Waals surface area (Å²) in [5.74, 6) is -1.23. The Morgan fingerprint density at radius 3 is 2.06 bits per heavy atom. The fraction of sp³-hybridized carbons (Fsp3) is 0.241. The van der Waals surface area contributed by atoms with Crippen LogP contribution in [-0.4, -0.2) is 37.1 Å². The van der Waals surface area contributed by atoms with Crippen molar-refractivity contribution in [1.29, 1.82) is 0 Å². The topological polar surface area (TPSA) is 55.8 Å². The number of nitrogens with zero attached hydrogens (tertiary/aromatic N) is 1. The van der Waals surface area contributed by atoms with E-state index in [0.717, 1.165) is 16.7 Å². The Balaban J connectivity index is 1.88. The van der Waals surface area contributed by atoms with E-state index in [1.54, 1.807) is 12.1 Å². The second-order valence-electron chi connectivity index (χ2n) is 8.61. The van der Waals surface area contributed by atoms with Gasteiger partial charge in [-0.3, -0.25) is 14.5 Å². The fourth-order valence-corrected chi connectivity index (χ4v) is 5.09. The fourth-order valence-electron chi connectivity index (χ4n) is 4.96. The monoisotopic (exact) mass is 489 g/mol. The molecule has 4 rings (SSSR count). The second-order valence-corrected chi connectivity index (χ2v) is 9.04. The summed E-state index contributed by atoms with van der Waals surface area (Å²) in [6.07, 6.45) is 4.29. The molecule has 35 heavy (non-hydrogen) atoms. The SMILES string of the molecule is COC(=O)C1(C(=O)OC)C[C@H](/C=C/c2ccccc2)N(Cc2ccccc2)[C@@H]1c1ccc(Cl)cc1. The van der Waals surface area contributed by atoms with Crippen LogP contribution in [0, 0.1) is 5.41 Å². The molecule has 0 amide bonds. The molecule has 2 atom stereocenters. The molecule has 1 aliphatic heterocycles. The lowest BCUT2D eigenvalue weighted by Gasteiger charge is -2.35. The summed E-state index contributed by atoms with van der Waals surface area (Å²) in [6, 6.07) is 26.3. The summed E-state index contributed by atoms with van der Waals surface area (Å²) in [6.45, 7) is 0.521. The molecule has 6 heteroatoms. The summed E-state index contributed by atoms with van der Waals surface area (Å²) in [4.78, 5) is 29.0. The van der Waals surface area contributed by atoms with E-state index < -0.39 is 23.4 Å². The van der Waals surface area contributed by atoms with Crippen LogP contribution in [0.3, 0.4) is 0 Å². The number of hydrogen-bond donors (Lipinski definition) is 0. The van der Waals surface area contributed by atoms with Crippen LogP contribution < -0.4 is 0 Å². The molecule has 0 saturated carbocycles. The first-order valence-corrected chi connectivity index (χ1v) is 11.8. The predicted octanol–water partition coefficient (Wildman–Crippen LogP) is 5.70. The van der Waals surface area contributed by atoms with Crippen LogP contribution in [0.25, 0.3) is 6.08 Å². The van der Waals surface area contributed by atoms with Crippen molar-refractivity contribution in [2.75, 3.05) is 14.2 Å². The Bertz CT molecular complexity index is 1160. The normalized spacial score (nSPS) is 19.5. The number of benzene rings is 3. The minimum atomic E-state index is -1.54. The molecule has 0 aromatic heterocycles. The Morgan fingerprint density at radius 1 is 0.914 bits per heavy atom. The average molecular weight is 490 g/mol. The molecule has 1 aliphatic rings. The van der Waals surface area contributed by atoms with Gasteiger partial charge in [-0.15, -0.1) is 0 Å². The minimum Gasteiger partial charge on any atom is -0.468 e. The number of halogens is 1. The van der Waals surface area contributed by atoms with Gasteiger partial charge in [0, 0.05) is 17.6 Å². The van der Waals surface area contributed by atoms with E-state index in [9.17, 15) is 9.59 Å². The highest BCUT2D eigenvalue weighted by Crippen LogP contribution is 2.53. The van der Waals surface area contributed by atoms with E-state index in [2.05, 4.69) is 11.0 Å². The van der Waals surface area contributed by atoms with E-state index in [4.69, 9.17) is 21.1 Å². The average Bonchev–Trinajstić information content (AvgIpc) is 3.22. The number of methoxy groups -OCH3 is 2. The number of carbonyl (C=O) groups excluding carboxylic acids is 2. The third-order valence-electron chi connectivity index (χ3n) is 6.56. The maximum absolute atomic E-state index is 13.4. The first-order chi connectivity index (χ1) is 17.0. The first kappa shape index (κ1) is 24.7. The van der Waals surface area contributed by atoms with Crippen molar-refractivity contribution >= 4 is 29.6 Å². The van der Waals surface area contributed by atoms with Gasteiger partial charge in [-0.2, -0.15) is 0 Å². The lowest BCUT2D eigenvalue weighted by molar-refractivity contribution is -0.171. The summed E-state index contributed by atoms with van der Waals surface area (Å²) < 4.78 is 10.5. The smallest absolute Gasteiger partial charge is 0.325 e. The Labute approximate surface area is 210 Å². The molecule has 0 aliphatic carbocycles. The van der Waals surface area contributed by atoms with E-state index in [1.165, 1.54) is 14.2 Å². The summed E-state index contributed by atoms with van der Waals surface area (Å²) in [5, 5.41) is 0.573. The zero-order chi connectivity index (χ0) is 24.8. The largest absolute Gasteiger partial charge is 0.468 e. The number of esters is 2. The van der Waals surface area contributed by atoms with Gasteiger partial charge in [-0.25, -0.2) is 0 Å². The lowest BCUT2D eigenvalue weighted by atomic mass is 9.76. The van der Waals surface area contributed by atoms with Crippen LogP contribution in [0.1, 0.15) is 29.2 Å². The van der Waals surface area contributed by atoms with Crippen LogP contribution in [0.15, 0.2) is 91.0 Å². The van der Waals surface area contributed by atoms with Gasteiger partial charge >= 0.3 is 11.9 Å². The standard InChI is InChI=1S/C29H28ClNO4/c1-34-27(32)29(28(33)35-2)19-25(18-13-21-9-5-3-6-10-21)31(20-22-11-7-4-8-12-22)26(29)23-14-16-24(30)17-15-23/h3-18,25-26H,19-20H2,1-2H3/b18-13+/t25-,26+/m0/s1. The zero-order valence-electron chi connectivity index (χ0n) is 19.8. The van der Waals surface area contributed by atoms with Crippen LogP contribution in [0.2, 0.25) is 5.02 Å². The van der Waals surface area contributed by atoms with Crippen LogP contribution >= 0.6 is 11.6 Å². The van der Waals surface area contributed by atoms with Gasteiger partial charge in [0.1, 0.15) is 0 Å². The van der Waals surface area contributed by atoms with Gasteiger partial charge in [0.2, 0.25) is 0 Å². The van der Waals surface area contributed by atoms with Gasteiger partial charge in [-0.1, -0.05) is 96.5 Å². The van der Waals surface area contributed by atoms with Crippen molar-refractivity contribution in [3.63, 3.8) is 0 Å². The van der Waals surface area contributed by atoms with Crippen molar-refractivity contribution in [2.24, 2.45) is 5.41 Å². The van der Waals surface area contributed by atoms with Crippen molar-refractivity contribution < 1.29 is 19.1 Å². The number of likely N-dealkylation sites (tertiary alicyclic amines) is 1. The third-order valence-corrected chi connectivity index (χ3v) is 6.81. The lowest BCUT2D eigenvalue weighted by Crippen LogP contribution is -2.45. The Hall–Kier alpha value is -3.41. The molecule has 0 unspecified atom stereocenters. The van der Waals surface area contributed by atoms with Gasteiger partial charge in [-0.05, 0) is 35.2 Å². The van der Waals surface area contributed by atoms with E-state index >= 15 is 0 Å². The Kier molecular flexibility index (Phi) is 7.69. The second kappa shape index (κ2) is 10.9. The molecular weight excluding hydrogens is 462 g/mol. The number of rotatable bonds is 7. The highest BCUT2D eigenvalue weighted by molar-refractivity contribution is 6.30.